The van der Waals surface area contributed by atoms with E-state index in [4.69, 9.17) is 4.74 Å². The van der Waals surface area contributed by atoms with E-state index in [-0.39, 0.29) is 35.4 Å². The van der Waals surface area contributed by atoms with Crippen molar-refractivity contribution in [2.45, 2.75) is 39.3 Å². The molecule has 1 aromatic heterocycles. The summed E-state index contributed by atoms with van der Waals surface area (Å²) in [6.45, 7) is 6.84. The van der Waals surface area contributed by atoms with Crippen LogP contribution in [-0.4, -0.2) is 58.4 Å². The summed E-state index contributed by atoms with van der Waals surface area (Å²) in [6, 6.07) is 9.95. The molecule has 1 N–H and O–H groups in total. The fourth-order valence-electron chi connectivity index (χ4n) is 3.99. The van der Waals surface area contributed by atoms with E-state index < -0.39 is 5.82 Å². The Kier molecular flexibility index (Phi) is 5.86. The number of carbonyl (C=O) groups excluding carboxylic acids is 1. The molecule has 1 aliphatic rings. The number of phenols is 1. The topological polar surface area (TPSA) is 78.8 Å². The molecule has 0 saturated carbocycles. The highest BCUT2D eigenvalue weighted by molar-refractivity contribution is 5.92. The van der Waals surface area contributed by atoms with E-state index >= 15 is 0 Å². The second-order valence-corrected chi connectivity index (χ2v) is 8.46. The van der Waals surface area contributed by atoms with Gasteiger partial charge in [0.2, 0.25) is 0 Å². The predicted molar refractivity (Wildman–Crippen MR) is 121 cm³/mol. The average Bonchev–Trinajstić information content (AvgIpc) is 3.21. The molecule has 1 saturated heterocycles. The van der Waals surface area contributed by atoms with Gasteiger partial charge >= 0.3 is 6.09 Å². The van der Waals surface area contributed by atoms with Crippen molar-refractivity contribution in [3.63, 3.8) is 0 Å². The number of anilines is 1. The first-order chi connectivity index (χ1) is 15.2. The predicted octanol–water partition coefficient (Wildman–Crippen LogP) is 4.51. The van der Waals surface area contributed by atoms with Crippen LogP contribution in [0.25, 0.3) is 22.3 Å². The van der Waals surface area contributed by atoms with Crippen molar-refractivity contribution >= 4 is 22.8 Å². The van der Waals surface area contributed by atoms with Crippen LogP contribution < -0.4 is 4.90 Å². The van der Waals surface area contributed by atoms with E-state index in [1.165, 1.54) is 18.2 Å². The number of ether oxygens (including phenoxy) is 1. The SMILES string of the molecule is Cc1ccc2c(N3CC[C@H](N(C)C(=O)OC(C)C)C3)nc(-c3c(O)cccc3F)nc2c1. The normalized spacial score (nSPS) is 16.1. The lowest BCUT2D eigenvalue weighted by molar-refractivity contribution is 0.0748. The Hall–Kier alpha value is -3.42. The molecule has 2 aromatic carbocycles. The first-order valence-corrected chi connectivity index (χ1v) is 10.7. The number of fused-ring (bicyclic) bond motifs is 1. The quantitative estimate of drug-likeness (QED) is 0.646. The number of nitrogens with zero attached hydrogens (tertiary/aromatic N) is 4. The maximum absolute atomic E-state index is 14.6. The number of aromatic nitrogens is 2. The number of aromatic hydroxyl groups is 1. The molecule has 1 fully saturated rings. The van der Waals surface area contributed by atoms with Crippen LogP contribution >= 0.6 is 0 Å². The van der Waals surface area contributed by atoms with E-state index in [1.54, 1.807) is 11.9 Å². The third-order valence-corrected chi connectivity index (χ3v) is 5.68. The third-order valence-electron chi connectivity index (χ3n) is 5.68. The molecule has 32 heavy (non-hydrogen) atoms. The van der Waals surface area contributed by atoms with Gasteiger partial charge in [-0.1, -0.05) is 12.1 Å². The van der Waals surface area contributed by atoms with Crippen LogP contribution in [0.4, 0.5) is 15.0 Å². The highest BCUT2D eigenvalue weighted by atomic mass is 19.1. The van der Waals surface area contributed by atoms with Crippen LogP contribution in [0.3, 0.4) is 0 Å². The summed E-state index contributed by atoms with van der Waals surface area (Å²) < 4.78 is 19.9. The van der Waals surface area contributed by atoms with Gasteiger partial charge in [0.1, 0.15) is 17.4 Å². The highest BCUT2D eigenvalue weighted by Crippen LogP contribution is 2.35. The lowest BCUT2D eigenvalue weighted by Gasteiger charge is -2.26. The zero-order valence-corrected chi connectivity index (χ0v) is 18.7. The smallest absolute Gasteiger partial charge is 0.410 e. The van der Waals surface area contributed by atoms with Gasteiger partial charge in [0.25, 0.3) is 0 Å². The monoisotopic (exact) mass is 438 g/mol. The lowest BCUT2D eigenvalue weighted by atomic mass is 10.1. The van der Waals surface area contributed by atoms with Crippen molar-refractivity contribution in [1.29, 1.82) is 0 Å². The second-order valence-electron chi connectivity index (χ2n) is 8.46. The number of hydrogen-bond donors (Lipinski definition) is 1. The zero-order valence-electron chi connectivity index (χ0n) is 18.7. The van der Waals surface area contributed by atoms with Gasteiger partial charge in [-0.15, -0.1) is 0 Å². The summed E-state index contributed by atoms with van der Waals surface area (Å²) in [5.41, 5.74) is 1.66. The number of benzene rings is 2. The zero-order chi connectivity index (χ0) is 23.0. The molecule has 1 aliphatic heterocycles. The molecule has 0 bridgehead atoms. The Morgan fingerprint density at radius 1 is 1.28 bits per heavy atom. The molecule has 0 spiro atoms. The van der Waals surface area contributed by atoms with E-state index in [0.29, 0.717) is 24.4 Å². The molecule has 168 valence electrons. The fourth-order valence-corrected chi connectivity index (χ4v) is 3.99. The van der Waals surface area contributed by atoms with Crippen LogP contribution in [0.1, 0.15) is 25.8 Å². The molecule has 1 amide bonds. The van der Waals surface area contributed by atoms with Gasteiger partial charge in [-0.3, -0.25) is 0 Å². The van der Waals surface area contributed by atoms with E-state index in [1.807, 2.05) is 39.0 Å². The van der Waals surface area contributed by atoms with Crippen LogP contribution in [-0.2, 0) is 4.74 Å². The number of amides is 1. The first-order valence-electron chi connectivity index (χ1n) is 10.7. The van der Waals surface area contributed by atoms with Gasteiger partial charge in [-0.05, 0) is 57.0 Å². The molecule has 0 aliphatic carbocycles. The van der Waals surface area contributed by atoms with Crippen molar-refractivity contribution in [3.05, 3.63) is 47.8 Å². The molecule has 8 heteroatoms. The minimum Gasteiger partial charge on any atom is -0.507 e. The fraction of sp³-hybridized carbons (Fsp3) is 0.375. The average molecular weight is 439 g/mol. The van der Waals surface area contributed by atoms with Gasteiger partial charge in [-0.25, -0.2) is 19.2 Å². The van der Waals surface area contributed by atoms with Gasteiger partial charge in [0.15, 0.2) is 5.82 Å². The largest absolute Gasteiger partial charge is 0.507 e. The Morgan fingerprint density at radius 2 is 2.06 bits per heavy atom. The summed E-state index contributed by atoms with van der Waals surface area (Å²) in [7, 11) is 1.74. The van der Waals surface area contributed by atoms with Crippen LogP contribution in [0.5, 0.6) is 5.75 Å². The highest BCUT2D eigenvalue weighted by Gasteiger charge is 2.31. The molecule has 0 radical (unpaired) electrons. The van der Waals surface area contributed by atoms with Crippen molar-refractivity contribution in [1.82, 2.24) is 14.9 Å². The summed E-state index contributed by atoms with van der Waals surface area (Å²) in [5, 5.41) is 11.1. The molecule has 7 nitrogen and oxygen atoms in total. The number of likely N-dealkylation sites (N-methyl/N-ethyl adjacent to an activating group) is 1. The summed E-state index contributed by atoms with van der Waals surface area (Å²) in [5.74, 6) is -0.0117. The first kappa shape index (κ1) is 21.8. The minimum absolute atomic E-state index is 0.0227. The molecule has 3 aromatic rings. The minimum atomic E-state index is -0.585. The Labute approximate surface area is 186 Å². The number of halogens is 1. The van der Waals surface area contributed by atoms with Gasteiger partial charge < -0.3 is 19.6 Å². The number of phenolic OH excluding ortho intramolecular Hbond substituents is 1. The Balaban J connectivity index is 1.73. The number of carbonyl (C=O) groups is 1. The second kappa shape index (κ2) is 8.61. The van der Waals surface area contributed by atoms with Gasteiger partial charge in [0, 0.05) is 25.5 Å². The van der Waals surface area contributed by atoms with Crippen LogP contribution in [0.15, 0.2) is 36.4 Å². The van der Waals surface area contributed by atoms with Crippen molar-refractivity contribution in [3.8, 4) is 17.1 Å². The third kappa shape index (κ3) is 4.17. The van der Waals surface area contributed by atoms with Crippen molar-refractivity contribution in [2.24, 2.45) is 0 Å². The molecule has 2 heterocycles. The molecule has 1 atom stereocenters. The number of aryl methyl sites for hydroxylation is 1. The van der Waals surface area contributed by atoms with E-state index in [2.05, 4.69) is 14.9 Å². The maximum atomic E-state index is 14.6. The summed E-state index contributed by atoms with van der Waals surface area (Å²) in [6.07, 6.45) is 0.209. The molecular weight excluding hydrogens is 411 g/mol. The van der Waals surface area contributed by atoms with Crippen LogP contribution in [0, 0.1) is 12.7 Å². The van der Waals surface area contributed by atoms with Crippen LogP contribution in [0.2, 0.25) is 0 Å². The number of rotatable bonds is 4. The van der Waals surface area contributed by atoms with Gasteiger partial charge in [-0.2, -0.15) is 0 Å². The van der Waals surface area contributed by atoms with E-state index in [0.717, 1.165) is 17.4 Å². The Morgan fingerprint density at radius 3 is 2.78 bits per heavy atom. The summed E-state index contributed by atoms with van der Waals surface area (Å²) in [4.78, 5) is 25.3. The summed E-state index contributed by atoms with van der Waals surface area (Å²) >= 11 is 0. The molecule has 0 unspecified atom stereocenters. The van der Waals surface area contributed by atoms with Gasteiger partial charge in [0.05, 0.1) is 23.2 Å². The maximum Gasteiger partial charge on any atom is 0.410 e. The molecule has 4 rings (SSSR count). The lowest BCUT2D eigenvalue weighted by Crippen LogP contribution is -2.40. The Bertz CT molecular complexity index is 1150. The van der Waals surface area contributed by atoms with Crippen molar-refractivity contribution < 1.29 is 19.0 Å². The molecular formula is C24H27FN4O3. The standard InChI is InChI=1S/C24H27FN4O3/c1-14(2)32-24(31)28(4)16-10-11-29(13-16)23-17-9-8-15(3)12-19(17)26-22(27-23)21-18(25)6-5-7-20(21)30/h5-9,12,14,16,30H,10-11,13H2,1-4H3/t16-/m0/s1. The van der Waals surface area contributed by atoms with Crippen molar-refractivity contribution in [2.75, 3.05) is 25.0 Å². The number of hydrogen-bond acceptors (Lipinski definition) is 6. The van der Waals surface area contributed by atoms with E-state index in [9.17, 15) is 14.3 Å².